The van der Waals surface area contributed by atoms with Gasteiger partial charge in [0.1, 0.15) is 0 Å². The summed E-state index contributed by atoms with van der Waals surface area (Å²) in [7, 11) is 0. The third-order valence-corrected chi connectivity index (χ3v) is 5.35. The highest BCUT2D eigenvalue weighted by Gasteiger charge is 2.08. The Hall–Kier alpha value is -2.99. The number of carbonyl (C=O) groups excluding carboxylic acids is 2. The minimum absolute atomic E-state index is 0.0616. The molecule has 0 aliphatic carbocycles. The number of aromatic nitrogens is 1. The Morgan fingerprint density at radius 1 is 1.04 bits per heavy atom. The third kappa shape index (κ3) is 5.04. The monoisotopic (exact) mass is 393 g/mol. The van der Waals surface area contributed by atoms with E-state index in [1.54, 1.807) is 11.3 Å². The Morgan fingerprint density at radius 2 is 1.79 bits per heavy atom. The maximum Gasteiger partial charge on any atom is 0.251 e. The van der Waals surface area contributed by atoms with E-state index in [2.05, 4.69) is 15.6 Å². The molecule has 3 aromatic rings. The highest BCUT2D eigenvalue weighted by molar-refractivity contribution is 7.09. The lowest BCUT2D eigenvalue weighted by molar-refractivity contribution is -0.114. The number of amides is 2. The molecule has 0 aliphatic rings. The highest BCUT2D eigenvalue weighted by atomic mass is 32.1. The molecule has 28 heavy (non-hydrogen) atoms. The number of carbonyl (C=O) groups is 2. The van der Waals surface area contributed by atoms with Crippen molar-refractivity contribution < 1.29 is 9.59 Å². The van der Waals surface area contributed by atoms with Crippen LogP contribution in [0.25, 0.3) is 11.3 Å². The van der Waals surface area contributed by atoms with E-state index in [0.29, 0.717) is 18.5 Å². The van der Waals surface area contributed by atoms with E-state index in [-0.39, 0.29) is 11.8 Å². The summed E-state index contributed by atoms with van der Waals surface area (Å²) in [6.07, 6.45) is 0.686. The van der Waals surface area contributed by atoms with Crippen molar-refractivity contribution in [2.75, 3.05) is 11.9 Å². The van der Waals surface area contributed by atoms with Crippen LogP contribution in [0.5, 0.6) is 0 Å². The quantitative estimate of drug-likeness (QED) is 0.654. The first-order valence-electron chi connectivity index (χ1n) is 9.10. The number of rotatable bonds is 6. The molecule has 0 saturated heterocycles. The normalized spacial score (nSPS) is 10.5. The molecular formula is C22H23N3O2S. The first kappa shape index (κ1) is 19.8. The Labute approximate surface area is 168 Å². The summed E-state index contributed by atoms with van der Waals surface area (Å²) in [6.45, 7) is 6.07. The fourth-order valence-electron chi connectivity index (χ4n) is 2.75. The summed E-state index contributed by atoms with van der Waals surface area (Å²) in [5.41, 5.74) is 5.63. The van der Waals surface area contributed by atoms with E-state index in [0.717, 1.165) is 27.5 Å². The molecule has 6 heteroatoms. The summed E-state index contributed by atoms with van der Waals surface area (Å²) in [5, 5.41) is 8.69. The molecule has 144 valence electrons. The van der Waals surface area contributed by atoms with Crippen LogP contribution in [0.2, 0.25) is 0 Å². The largest absolute Gasteiger partial charge is 0.352 e. The molecule has 2 N–H and O–H groups in total. The van der Waals surface area contributed by atoms with Gasteiger partial charge < -0.3 is 10.6 Å². The third-order valence-electron chi connectivity index (χ3n) is 4.45. The molecule has 0 bridgehead atoms. The van der Waals surface area contributed by atoms with Crippen LogP contribution in [-0.4, -0.2) is 23.3 Å². The van der Waals surface area contributed by atoms with Crippen LogP contribution in [-0.2, 0) is 11.2 Å². The van der Waals surface area contributed by atoms with Gasteiger partial charge in [0.2, 0.25) is 5.91 Å². The lowest BCUT2D eigenvalue weighted by Gasteiger charge is -2.06. The Kier molecular flexibility index (Phi) is 6.21. The predicted molar refractivity (Wildman–Crippen MR) is 114 cm³/mol. The topological polar surface area (TPSA) is 71.1 Å². The minimum Gasteiger partial charge on any atom is -0.352 e. The summed E-state index contributed by atoms with van der Waals surface area (Å²) in [6, 6.07) is 13.3. The number of benzene rings is 2. The summed E-state index contributed by atoms with van der Waals surface area (Å²) in [5.74, 6) is -0.153. The summed E-state index contributed by atoms with van der Waals surface area (Å²) < 4.78 is 0. The number of thiazole rings is 1. The maximum atomic E-state index is 12.3. The molecule has 1 aromatic heterocycles. The Balaban J connectivity index is 1.55. The number of hydrogen-bond donors (Lipinski definition) is 2. The van der Waals surface area contributed by atoms with Crippen molar-refractivity contribution in [1.82, 2.24) is 10.3 Å². The van der Waals surface area contributed by atoms with E-state index in [9.17, 15) is 9.59 Å². The molecule has 0 fully saturated rings. The zero-order valence-electron chi connectivity index (χ0n) is 16.2. The molecule has 0 saturated carbocycles. The van der Waals surface area contributed by atoms with Crippen molar-refractivity contribution in [3.63, 3.8) is 0 Å². The Morgan fingerprint density at radius 3 is 2.46 bits per heavy atom. The summed E-state index contributed by atoms with van der Waals surface area (Å²) >= 11 is 1.58. The average Bonchev–Trinajstić information content (AvgIpc) is 3.13. The zero-order valence-corrected chi connectivity index (χ0v) is 17.0. The second kappa shape index (κ2) is 8.80. The first-order chi connectivity index (χ1) is 13.4. The number of aryl methyl sites for hydroxylation is 2. The smallest absolute Gasteiger partial charge is 0.251 e. The van der Waals surface area contributed by atoms with E-state index < -0.39 is 0 Å². The number of hydrogen-bond acceptors (Lipinski definition) is 4. The van der Waals surface area contributed by atoms with Crippen molar-refractivity contribution in [2.24, 2.45) is 0 Å². The van der Waals surface area contributed by atoms with E-state index in [1.807, 2.05) is 61.7 Å². The zero-order chi connectivity index (χ0) is 20.1. The Bertz CT molecular complexity index is 993. The average molecular weight is 394 g/mol. The van der Waals surface area contributed by atoms with Crippen LogP contribution in [0.3, 0.4) is 0 Å². The predicted octanol–water partition coefficient (Wildman–Crippen LogP) is 4.36. The molecule has 0 unspecified atom stereocenters. The maximum absolute atomic E-state index is 12.3. The second-order valence-corrected chi connectivity index (χ2v) is 7.63. The van der Waals surface area contributed by atoms with Crippen molar-refractivity contribution in [3.8, 4) is 11.3 Å². The standard InChI is InChI=1S/C22H23N3O2S/c1-14-4-5-18(12-15(14)2)22(27)23-11-10-21-25-20(13-28-21)17-6-8-19(9-7-17)24-16(3)26/h4-9,12-13H,10-11H2,1-3H3,(H,23,27)(H,24,26). The molecule has 3 rings (SSSR count). The van der Waals surface area contributed by atoms with Crippen LogP contribution in [0, 0.1) is 13.8 Å². The van der Waals surface area contributed by atoms with Gasteiger partial charge in [-0.3, -0.25) is 9.59 Å². The van der Waals surface area contributed by atoms with E-state index in [1.165, 1.54) is 12.5 Å². The highest BCUT2D eigenvalue weighted by Crippen LogP contribution is 2.23. The van der Waals surface area contributed by atoms with Gasteiger partial charge >= 0.3 is 0 Å². The van der Waals surface area contributed by atoms with Crippen LogP contribution in [0.1, 0.15) is 33.4 Å². The molecule has 0 aliphatic heterocycles. The molecule has 2 aromatic carbocycles. The fraction of sp³-hybridized carbons (Fsp3) is 0.227. The van der Waals surface area contributed by atoms with Gasteiger partial charge in [0.15, 0.2) is 0 Å². The lowest BCUT2D eigenvalue weighted by Crippen LogP contribution is -2.25. The van der Waals surface area contributed by atoms with Gasteiger partial charge in [-0.15, -0.1) is 11.3 Å². The number of nitrogens with one attached hydrogen (secondary N) is 2. The van der Waals surface area contributed by atoms with Gasteiger partial charge in [-0.05, 0) is 49.2 Å². The van der Waals surface area contributed by atoms with Gasteiger partial charge in [-0.2, -0.15) is 0 Å². The summed E-state index contributed by atoms with van der Waals surface area (Å²) in [4.78, 5) is 28.0. The fourth-order valence-corrected chi connectivity index (χ4v) is 3.56. The number of anilines is 1. The lowest BCUT2D eigenvalue weighted by atomic mass is 10.1. The minimum atomic E-state index is -0.0912. The molecular weight excluding hydrogens is 370 g/mol. The van der Waals surface area contributed by atoms with Crippen molar-refractivity contribution in [2.45, 2.75) is 27.2 Å². The van der Waals surface area contributed by atoms with Gasteiger partial charge in [0, 0.05) is 42.1 Å². The molecule has 0 spiro atoms. The number of nitrogens with zero attached hydrogens (tertiary/aromatic N) is 1. The van der Waals surface area contributed by atoms with Crippen LogP contribution in [0.15, 0.2) is 47.8 Å². The van der Waals surface area contributed by atoms with Crippen molar-refractivity contribution >= 4 is 28.8 Å². The van der Waals surface area contributed by atoms with Crippen molar-refractivity contribution in [3.05, 3.63) is 69.5 Å². The SMILES string of the molecule is CC(=O)Nc1ccc(-c2csc(CCNC(=O)c3ccc(C)c(C)c3)n2)cc1. The molecule has 0 atom stereocenters. The molecule has 1 heterocycles. The van der Waals surface area contributed by atoms with Gasteiger partial charge in [-0.25, -0.2) is 4.98 Å². The van der Waals surface area contributed by atoms with Crippen LogP contribution < -0.4 is 10.6 Å². The van der Waals surface area contributed by atoms with Crippen LogP contribution in [0.4, 0.5) is 5.69 Å². The molecule has 5 nitrogen and oxygen atoms in total. The first-order valence-corrected chi connectivity index (χ1v) is 9.98. The van der Waals surface area contributed by atoms with E-state index in [4.69, 9.17) is 0 Å². The van der Waals surface area contributed by atoms with Gasteiger partial charge in [0.25, 0.3) is 5.91 Å². The van der Waals surface area contributed by atoms with Crippen LogP contribution >= 0.6 is 11.3 Å². The van der Waals surface area contributed by atoms with Gasteiger partial charge in [-0.1, -0.05) is 18.2 Å². The van der Waals surface area contributed by atoms with Gasteiger partial charge in [0.05, 0.1) is 10.7 Å². The van der Waals surface area contributed by atoms with E-state index >= 15 is 0 Å². The molecule has 2 amide bonds. The molecule has 0 radical (unpaired) electrons. The second-order valence-electron chi connectivity index (χ2n) is 6.69. The van der Waals surface area contributed by atoms with Crippen molar-refractivity contribution in [1.29, 1.82) is 0 Å².